The first-order valence-electron chi connectivity index (χ1n) is 12.3. The van der Waals surface area contributed by atoms with Gasteiger partial charge in [0, 0.05) is 37.0 Å². The van der Waals surface area contributed by atoms with Gasteiger partial charge in [-0.25, -0.2) is 5.01 Å². The zero-order chi connectivity index (χ0) is 25.2. The Morgan fingerprint density at radius 1 is 0.833 bits per heavy atom. The molecule has 1 saturated heterocycles. The number of hydrogen-bond acceptors (Lipinski definition) is 7. The molecule has 0 N–H and O–H groups in total. The number of Topliss-reactive ketones (excluding diaryl/α,β-unsaturated/α-hetero) is 1. The van der Waals surface area contributed by atoms with Crippen LogP contribution in [0.15, 0.2) is 71.8 Å². The standard InChI is InChI=1S/C29H32N4O3/c1-20-7-10-25(11-8-20)33-29(22-9-16-26(35-3)27(19-22)36-4)32(28(30-33)21(2)34)24-14-12-23(13-15-24)31-17-5-6-18-31/h7-16,19,29H,5-6,17-18H2,1-4H3/t29-/m1/s1. The summed E-state index contributed by atoms with van der Waals surface area (Å²) < 4.78 is 11.1. The highest BCUT2D eigenvalue weighted by Crippen LogP contribution is 2.42. The fourth-order valence-electron chi connectivity index (χ4n) is 4.93. The highest BCUT2D eigenvalue weighted by molar-refractivity contribution is 6.44. The smallest absolute Gasteiger partial charge is 0.198 e. The number of aryl methyl sites for hydroxylation is 1. The number of hydrogen-bond donors (Lipinski definition) is 0. The molecule has 7 heteroatoms. The lowest BCUT2D eigenvalue weighted by molar-refractivity contribution is -0.111. The summed E-state index contributed by atoms with van der Waals surface area (Å²) in [6, 6.07) is 22.5. The van der Waals surface area contributed by atoms with E-state index in [0.29, 0.717) is 17.3 Å². The Bertz CT molecular complexity index is 1260. The Labute approximate surface area is 212 Å². The van der Waals surface area contributed by atoms with Gasteiger partial charge in [0.05, 0.1) is 19.9 Å². The minimum atomic E-state index is -0.385. The zero-order valence-electron chi connectivity index (χ0n) is 21.3. The Kier molecular flexibility index (Phi) is 6.55. The summed E-state index contributed by atoms with van der Waals surface area (Å²) in [7, 11) is 3.25. The van der Waals surface area contributed by atoms with Crippen LogP contribution in [0.2, 0.25) is 0 Å². The molecule has 7 nitrogen and oxygen atoms in total. The molecule has 2 aliphatic rings. The molecule has 0 saturated carbocycles. The maximum atomic E-state index is 12.9. The lowest BCUT2D eigenvalue weighted by Gasteiger charge is -2.32. The van der Waals surface area contributed by atoms with Crippen LogP contribution < -0.4 is 24.3 Å². The molecule has 0 aromatic heterocycles. The van der Waals surface area contributed by atoms with Crippen molar-refractivity contribution in [3.8, 4) is 11.5 Å². The van der Waals surface area contributed by atoms with Crippen LogP contribution in [0.1, 0.15) is 37.1 Å². The summed E-state index contributed by atoms with van der Waals surface area (Å²) >= 11 is 0. The number of anilines is 3. The number of ketones is 1. The fraction of sp³-hybridized carbons (Fsp3) is 0.310. The predicted molar refractivity (Wildman–Crippen MR) is 144 cm³/mol. The van der Waals surface area contributed by atoms with Crippen LogP contribution >= 0.6 is 0 Å². The first kappa shape index (κ1) is 23.7. The molecular weight excluding hydrogens is 452 g/mol. The fourth-order valence-corrected chi connectivity index (χ4v) is 4.93. The first-order valence-corrected chi connectivity index (χ1v) is 12.3. The molecule has 2 aliphatic heterocycles. The quantitative estimate of drug-likeness (QED) is 0.439. The maximum absolute atomic E-state index is 12.9. The average Bonchev–Trinajstić information content (AvgIpc) is 3.58. The molecule has 0 amide bonds. The van der Waals surface area contributed by atoms with Crippen molar-refractivity contribution < 1.29 is 14.3 Å². The average molecular weight is 485 g/mol. The summed E-state index contributed by atoms with van der Waals surface area (Å²) in [5.41, 5.74) is 5.09. The molecule has 0 aliphatic carbocycles. The van der Waals surface area contributed by atoms with Gasteiger partial charge in [0.15, 0.2) is 29.3 Å². The van der Waals surface area contributed by atoms with Crippen LogP contribution in [0.5, 0.6) is 11.5 Å². The van der Waals surface area contributed by atoms with E-state index in [2.05, 4.69) is 48.2 Å². The van der Waals surface area contributed by atoms with E-state index in [1.165, 1.54) is 18.5 Å². The van der Waals surface area contributed by atoms with Crippen LogP contribution in [-0.4, -0.2) is 38.9 Å². The van der Waals surface area contributed by atoms with Gasteiger partial charge in [-0.05, 0) is 68.3 Å². The van der Waals surface area contributed by atoms with E-state index in [-0.39, 0.29) is 11.9 Å². The summed E-state index contributed by atoms with van der Waals surface area (Å²) in [4.78, 5) is 17.3. The topological polar surface area (TPSA) is 57.6 Å². The zero-order valence-corrected chi connectivity index (χ0v) is 21.3. The first-order chi connectivity index (χ1) is 17.5. The molecule has 5 rings (SSSR count). The lowest BCUT2D eigenvalue weighted by Crippen LogP contribution is -2.37. The van der Waals surface area contributed by atoms with Crippen LogP contribution in [0.4, 0.5) is 17.1 Å². The van der Waals surface area contributed by atoms with Gasteiger partial charge < -0.3 is 14.4 Å². The van der Waals surface area contributed by atoms with Crippen molar-refractivity contribution in [3.05, 3.63) is 77.9 Å². The van der Waals surface area contributed by atoms with E-state index in [1.807, 2.05) is 40.2 Å². The number of rotatable bonds is 7. The molecule has 3 aromatic rings. The van der Waals surface area contributed by atoms with Crippen LogP contribution in [-0.2, 0) is 4.79 Å². The van der Waals surface area contributed by atoms with Gasteiger partial charge in [0.25, 0.3) is 0 Å². The van der Waals surface area contributed by atoms with E-state index in [4.69, 9.17) is 14.6 Å². The van der Waals surface area contributed by atoms with E-state index in [0.717, 1.165) is 35.6 Å². The van der Waals surface area contributed by atoms with Crippen LogP contribution in [0.3, 0.4) is 0 Å². The number of amidine groups is 1. The number of hydrazone groups is 1. The van der Waals surface area contributed by atoms with Gasteiger partial charge in [-0.1, -0.05) is 23.8 Å². The molecule has 186 valence electrons. The van der Waals surface area contributed by atoms with E-state index in [9.17, 15) is 4.79 Å². The third kappa shape index (κ3) is 4.37. The monoisotopic (exact) mass is 484 g/mol. The Morgan fingerprint density at radius 3 is 2.06 bits per heavy atom. The van der Waals surface area contributed by atoms with Crippen molar-refractivity contribution in [1.29, 1.82) is 0 Å². The molecule has 36 heavy (non-hydrogen) atoms. The molecule has 2 heterocycles. The van der Waals surface area contributed by atoms with E-state index >= 15 is 0 Å². The van der Waals surface area contributed by atoms with Crippen molar-refractivity contribution in [2.75, 3.05) is 42.1 Å². The van der Waals surface area contributed by atoms with Crippen molar-refractivity contribution in [3.63, 3.8) is 0 Å². The van der Waals surface area contributed by atoms with Gasteiger partial charge in [-0.2, -0.15) is 0 Å². The van der Waals surface area contributed by atoms with Crippen LogP contribution in [0.25, 0.3) is 0 Å². The highest BCUT2D eigenvalue weighted by Gasteiger charge is 2.39. The summed E-state index contributed by atoms with van der Waals surface area (Å²) in [5.74, 6) is 1.57. The van der Waals surface area contributed by atoms with Gasteiger partial charge >= 0.3 is 0 Å². The number of methoxy groups -OCH3 is 2. The second-order valence-corrected chi connectivity index (χ2v) is 9.23. The van der Waals surface area contributed by atoms with Gasteiger partial charge in [0.1, 0.15) is 0 Å². The van der Waals surface area contributed by atoms with E-state index < -0.39 is 0 Å². The number of carbonyl (C=O) groups excluding carboxylic acids is 1. The molecule has 1 fully saturated rings. The van der Waals surface area contributed by atoms with Gasteiger partial charge in [0.2, 0.25) is 0 Å². The second-order valence-electron chi connectivity index (χ2n) is 9.23. The number of nitrogens with zero attached hydrogens (tertiary/aromatic N) is 4. The third-order valence-corrected chi connectivity index (χ3v) is 6.83. The Morgan fingerprint density at radius 2 is 1.44 bits per heavy atom. The predicted octanol–water partition coefficient (Wildman–Crippen LogP) is 5.54. The van der Waals surface area contributed by atoms with E-state index in [1.54, 1.807) is 21.1 Å². The van der Waals surface area contributed by atoms with Crippen LogP contribution in [0, 0.1) is 6.92 Å². The molecule has 0 spiro atoms. The number of benzene rings is 3. The normalized spacial score (nSPS) is 17.4. The van der Waals surface area contributed by atoms with Crippen molar-refractivity contribution >= 4 is 28.7 Å². The minimum absolute atomic E-state index is 0.0984. The largest absolute Gasteiger partial charge is 0.493 e. The summed E-state index contributed by atoms with van der Waals surface area (Å²) in [6.45, 7) is 5.78. The van der Waals surface area contributed by atoms with Crippen molar-refractivity contribution in [2.24, 2.45) is 5.10 Å². The Hall–Kier alpha value is -4.00. The minimum Gasteiger partial charge on any atom is -0.493 e. The SMILES string of the molecule is COc1ccc([C@H]2N(c3ccc(C)cc3)N=C(C(C)=O)N2c2ccc(N3CCCC3)cc2)cc1OC. The molecule has 0 unspecified atom stereocenters. The van der Waals surface area contributed by atoms with Crippen molar-refractivity contribution in [2.45, 2.75) is 32.9 Å². The maximum Gasteiger partial charge on any atom is 0.198 e. The van der Waals surface area contributed by atoms with Crippen molar-refractivity contribution in [1.82, 2.24) is 0 Å². The molecule has 0 radical (unpaired) electrons. The lowest BCUT2D eigenvalue weighted by atomic mass is 10.1. The Balaban J connectivity index is 1.62. The molecule has 1 atom stereocenters. The summed E-state index contributed by atoms with van der Waals surface area (Å²) in [6.07, 6.45) is 2.06. The molecular formula is C29H32N4O3. The second kappa shape index (κ2) is 9.93. The summed E-state index contributed by atoms with van der Waals surface area (Å²) in [5, 5.41) is 6.75. The van der Waals surface area contributed by atoms with Gasteiger partial charge in [-0.3, -0.25) is 9.69 Å². The molecule has 0 bridgehead atoms. The third-order valence-electron chi connectivity index (χ3n) is 6.83. The number of carbonyl (C=O) groups is 1. The highest BCUT2D eigenvalue weighted by atomic mass is 16.5. The number of ether oxygens (including phenoxy) is 2. The van der Waals surface area contributed by atoms with Gasteiger partial charge in [-0.15, -0.1) is 5.10 Å². The molecule has 3 aromatic carbocycles.